The van der Waals surface area contributed by atoms with Crippen molar-refractivity contribution >= 4 is 16.8 Å². The first-order valence-electron chi connectivity index (χ1n) is 7.88. The van der Waals surface area contributed by atoms with Crippen molar-refractivity contribution in [1.82, 2.24) is 9.88 Å². The molecule has 0 atom stereocenters. The molecule has 0 fully saturated rings. The van der Waals surface area contributed by atoms with Crippen molar-refractivity contribution in [3.63, 3.8) is 0 Å². The summed E-state index contributed by atoms with van der Waals surface area (Å²) in [5.41, 5.74) is 3.95. The molecule has 0 spiro atoms. The molecule has 116 valence electrons. The molecule has 3 aromatic rings. The summed E-state index contributed by atoms with van der Waals surface area (Å²) in [5.74, 6) is 0.0503. The van der Waals surface area contributed by atoms with Crippen molar-refractivity contribution in [3.05, 3.63) is 77.5 Å². The highest BCUT2D eigenvalue weighted by atomic mass is 16.2. The number of carbonyl (C=O) groups excluding carboxylic acids is 1. The zero-order chi connectivity index (χ0) is 16.2. The van der Waals surface area contributed by atoms with E-state index in [0.717, 1.165) is 10.9 Å². The van der Waals surface area contributed by atoms with Crippen molar-refractivity contribution in [2.45, 2.75) is 20.4 Å². The summed E-state index contributed by atoms with van der Waals surface area (Å²) in [6, 6.07) is 17.8. The van der Waals surface area contributed by atoms with Gasteiger partial charge in [-0.2, -0.15) is 0 Å². The molecule has 0 aliphatic rings. The van der Waals surface area contributed by atoms with E-state index in [-0.39, 0.29) is 5.91 Å². The molecule has 3 nitrogen and oxygen atoms in total. The minimum absolute atomic E-state index is 0.0503. The summed E-state index contributed by atoms with van der Waals surface area (Å²) < 4.78 is 0. The number of benzene rings is 2. The quantitative estimate of drug-likeness (QED) is 0.723. The Labute approximate surface area is 136 Å². The SMILES string of the molecule is CCN(Cc1ccccc1C)C(=O)c1ccnc2ccccc12. The Kier molecular flexibility index (Phi) is 4.38. The first-order chi connectivity index (χ1) is 11.2. The lowest BCUT2D eigenvalue weighted by atomic mass is 10.1. The molecule has 0 saturated carbocycles. The molecular formula is C20H20N2O. The molecule has 0 radical (unpaired) electrons. The summed E-state index contributed by atoms with van der Waals surface area (Å²) in [7, 11) is 0. The van der Waals surface area contributed by atoms with Crippen LogP contribution >= 0.6 is 0 Å². The van der Waals surface area contributed by atoms with Gasteiger partial charge in [-0.15, -0.1) is 0 Å². The largest absolute Gasteiger partial charge is 0.335 e. The fourth-order valence-corrected chi connectivity index (χ4v) is 2.77. The van der Waals surface area contributed by atoms with Crippen LogP contribution in [0.3, 0.4) is 0 Å². The maximum atomic E-state index is 13.0. The number of nitrogens with zero attached hydrogens (tertiary/aromatic N) is 2. The molecule has 3 heteroatoms. The molecule has 0 aliphatic carbocycles. The molecule has 3 rings (SSSR count). The lowest BCUT2D eigenvalue weighted by Gasteiger charge is -2.22. The zero-order valence-corrected chi connectivity index (χ0v) is 13.5. The first kappa shape index (κ1) is 15.2. The van der Waals surface area contributed by atoms with Crippen LogP contribution in [0.2, 0.25) is 0 Å². The Morgan fingerprint density at radius 2 is 1.78 bits per heavy atom. The standard InChI is InChI=1S/C20H20N2O/c1-3-22(14-16-9-5-4-8-15(16)2)20(23)18-12-13-21-19-11-7-6-10-17(18)19/h4-13H,3,14H2,1-2H3. The summed E-state index contributed by atoms with van der Waals surface area (Å²) in [5, 5.41) is 0.906. The predicted octanol–water partition coefficient (Wildman–Crippen LogP) is 4.21. The highest BCUT2D eigenvalue weighted by Gasteiger charge is 2.17. The molecule has 0 N–H and O–H groups in total. The molecule has 0 saturated heterocycles. The second kappa shape index (κ2) is 6.61. The topological polar surface area (TPSA) is 33.2 Å². The van der Waals surface area contributed by atoms with Gasteiger partial charge in [-0.1, -0.05) is 42.5 Å². The third kappa shape index (κ3) is 3.09. The molecule has 1 amide bonds. The van der Waals surface area contributed by atoms with E-state index < -0.39 is 0 Å². The molecular weight excluding hydrogens is 284 g/mol. The number of aryl methyl sites for hydroxylation is 1. The van der Waals surface area contributed by atoms with Crippen LogP contribution in [0.15, 0.2) is 60.8 Å². The van der Waals surface area contributed by atoms with E-state index in [9.17, 15) is 4.79 Å². The van der Waals surface area contributed by atoms with Gasteiger partial charge in [0.2, 0.25) is 0 Å². The Morgan fingerprint density at radius 3 is 2.57 bits per heavy atom. The number of rotatable bonds is 4. The predicted molar refractivity (Wildman–Crippen MR) is 93.3 cm³/mol. The monoisotopic (exact) mass is 304 g/mol. The van der Waals surface area contributed by atoms with E-state index in [0.29, 0.717) is 18.7 Å². The van der Waals surface area contributed by atoms with E-state index in [1.807, 2.05) is 54.3 Å². The minimum Gasteiger partial charge on any atom is -0.335 e. The van der Waals surface area contributed by atoms with Crippen LogP contribution < -0.4 is 0 Å². The lowest BCUT2D eigenvalue weighted by Crippen LogP contribution is -2.30. The minimum atomic E-state index is 0.0503. The lowest BCUT2D eigenvalue weighted by molar-refractivity contribution is 0.0754. The number of pyridine rings is 1. The van der Waals surface area contributed by atoms with Crippen molar-refractivity contribution in [1.29, 1.82) is 0 Å². The third-order valence-corrected chi connectivity index (χ3v) is 4.17. The number of hydrogen-bond acceptors (Lipinski definition) is 2. The Balaban J connectivity index is 1.95. The third-order valence-electron chi connectivity index (χ3n) is 4.17. The average molecular weight is 304 g/mol. The van der Waals surface area contributed by atoms with Crippen molar-refractivity contribution in [3.8, 4) is 0 Å². The van der Waals surface area contributed by atoms with E-state index >= 15 is 0 Å². The highest BCUT2D eigenvalue weighted by Crippen LogP contribution is 2.19. The second-order valence-corrected chi connectivity index (χ2v) is 5.62. The number of carbonyl (C=O) groups is 1. The van der Waals surface area contributed by atoms with E-state index in [2.05, 4.69) is 24.0 Å². The van der Waals surface area contributed by atoms with E-state index in [4.69, 9.17) is 0 Å². The van der Waals surface area contributed by atoms with Gasteiger partial charge in [0.25, 0.3) is 5.91 Å². The van der Waals surface area contributed by atoms with Gasteiger partial charge in [-0.05, 0) is 37.1 Å². The van der Waals surface area contributed by atoms with Gasteiger partial charge in [-0.25, -0.2) is 0 Å². The van der Waals surface area contributed by atoms with Crippen LogP contribution in [-0.4, -0.2) is 22.3 Å². The molecule has 1 heterocycles. The number of aromatic nitrogens is 1. The number of para-hydroxylation sites is 1. The van der Waals surface area contributed by atoms with Crippen LogP contribution in [0.25, 0.3) is 10.9 Å². The molecule has 0 unspecified atom stereocenters. The summed E-state index contributed by atoms with van der Waals surface area (Å²) in [4.78, 5) is 19.2. The number of hydrogen-bond donors (Lipinski definition) is 0. The van der Waals surface area contributed by atoms with E-state index in [1.165, 1.54) is 11.1 Å². The van der Waals surface area contributed by atoms with Gasteiger partial charge in [0.05, 0.1) is 11.1 Å². The fourth-order valence-electron chi connectivity index (χ4n) is 2.77. The van der Waals surface area contributed by atoms with Crippen LogP contribution in [0.5, 0.6) is 0 Å². The molecule has 1 aromatic heterocycles. The normalized spacial score (nSPS) is 10.7. The van der Waals surface area contributed by atoms with Crippen LogP contribution in [0, 0.1) is 6.92 Å². The number of fused-ring (bicyclic) bond motifs is 1. The van der Waals surface area contributed by atoms with Gasteiger partial charge in [-0.3, -0.25) is 9.78 Å². The highest BCUT2D eigenvalue weighted by molar-refractivity contribution is 6.05. The Bertz CT molecular complexity index is 836. The summed E-state index contributed by atoms with van der Waals surface area (Å²) in [6.07, 6.45) is 1.71. The van der Waals surface area contributed by atoms with Gasteiger partial charge >= 0.3 is 0 Å². The second-order valence-electron chi connectivity index (χ2n) is 5.62. The maximum absolute atomic E-state index is 13.0. The number of amides is 1. The van der Waals surface area contributed by atoms with Gasteiger partial charge in [0.1, 0.15) is 0 Å². The smallest absolute Gasteiger partial charge is 0.254 e. The summed E-state index contributed by atoms with van der Waals surface area (Å²) in [6.45, 7) is 5.39. The molecule has 0 bridgehead atoms. The van der Waals surface area contributed by atoms with Crippen LogP contribution in [0.1, 0.15) is 28.4 Å². The first-order valence-corrected chi connectivity index (χ1v) is 7.88. The molecule has 2 aromatic carbocycles. The summed E-state index contributed by atoms with van der Waals surface area (Å²) >= 11 is 0. The van der Waals surface area contributed by atoms with Crippen molar-refractivity contribution < 1.29 is 4.79 Å². The van der Waals surface area contributed by atoms with Crippen molar-refractivity contribution in [2.24, 2.45) is 0 Å². The zero-order valence-electron chi connectivity index (χ0n) is 13.5. The van der Waals surface area contributed by atoms with Gasteiger partial charge in [0, 0.05) is 24.7 Å². The molecule has 23 heavy (non-hydrogen) atoms. The van der Waals surface area contributed by atoms with Gasteiger partial charge < -0.3 is 4.90 Å². The Hall–Kier alpha value is -2.68. The average Bonchev–Trinajstić information content (AvgIpc) is 2.60. The van der Waals surface area contributed by atoms with E-state index in [1.54, 1.807) is 6.20 Å². The van der Waals surface area contributed by atoms with Crippen LogP contribution in [-0.2, 0) is 6.54 Å². The fraction of sp³-hybridized carbons (Fsp3) is 0.200. The van der Waals surface area contributed by atoms with Crippen molar-refractivity contribution in [2.75, 3.05) is 6.54 Å². The van der Waals surface area contributed by atoms with Gasteiger partial charge in [0.15, 0.2) is 0 Å². The maximum Gasteiger partial charge on any atom is 0.254 e. The molecule has 0 aliphatic heterocycles. The Morgan fingerprint density at radius 1 is 1.04 bits per heavy atom. The van der Waals surface area contributed by atoms with Crippen LogP contribution in [0.4, 0.5) is 0 Å².